The highest BCUT2D eigenvalue weighted by atomic mass is 16.5. The minimum atomic E-state index is 0.0889. The van der Waals surface area contributed by atoms with E-state index >= 15 is 0 Å². The average Bonchev–Trinajstić information content (AvgIpc) is 2.46. The van der Waals surface area contributed by atoms with Crippen LogP contribution in [0.1, 0.15) is 17.2 Å². The van der Waals surface area contributed by atoms with E-state index in [2.05, 4.69) is 17.9 Å². The first-order chi connectivity index (χ1) is 8.76. The SMILES string of the molecule is COc1ccc([C@H]([NH3+])c2ccccc2)cc1OC. The van der Waals surface area contributed by atoms with Gasteiger partial charge in [-0.15, -0.1) is 0 Å². The molecule has 0 fully saturated rings. The summed E-state index contributed by atoms with van der Waals surface area (Å²) >= 11 is 0. The predicted octanol–water partition coefficient (Wildman–Crippen LogP) is 2.04. The molecule has 0 amide bonds. The summed E-state index contributed by atoms with van der Waals surface area (Å²) in [6.45, 7) is 0. The largest absolute Gasteiger partial charge is 0.493 e. The normalized spacial score (nSPS) is 11.9. The first kappa shape index (κ1) is 12.5. The third-order valence-corrected chi connectivity index (χ3v) is 3.01. The minimum Gasteiger partial charge on any atom is -0.493 e. The van der Waals surface area contributed by atoms with E-state index in [4.69, 9.17) is 9.47 Å². The van der Waals surface area contributed by atoms with Crippen molar-refractivity contribution in [2.24, 2.45) is 0 Å². The summed E-state index contributed by atoms with van der Waals surface area (Å²) in [6, 6.07) is 16.2. The summed E-state index contributed by atoms with van der Waals surface area (Å²) in [6.07, 6.45) is 0. The molecule has 18 heavy (non-hydrogen) atoms. The van der Waals surface area contributed by atoms with Crippen molar-refractivity contribution in [2.45, 2.75) is 6.04 Å². The summed E-state index contributed by atoms with van der Waals surface area (Å²) in [5.74, 6) is 1.47. The van der Waals surface area contributed by atoms with E-state index in [1.807, 2.05) is 36.4 Å². The van der Waals surface area contributed by atoms with Gasteiger partial charge in [-0.1, -0.05) is 30.3 Å². The second-order valence-electron chi connectivity index (χ2n) is 4.08. The van der Waals surface area contributed by atoms with Crippen LogP contribution in [-0.2, 0) is 0 Å². The van der Waals surface area contributed by atoms with Crippen LogP contribution < -0.4 is 15.2 Å². The number of hydrogen-bond acceptors (Lipinski definition) is 2. The monoisotopic (exact) mass is 244 g/mol. The lowest BCUT2D eigenvalue weighted by Gasteiger charge is -2.13. The second-order valence-corrected chi connectivity index (χ2v) is 4.08. The first-order valence-corrected chi connectivity index (χ1v) is 5.86. The maximum atomic E-state index is 5.31. The fourth-order valence-corrected chi connectivity index (χ4v) is 1.95. The number of hydrogen-bond donors (Lipinski definition) is 1. The van der Waals surface area contributed by atoms with Crippen LogP contribution in [0.2, 0.25) is 0 Å². The van der Waals surface area contributed by atoms with Crippen LogP contribution in [0.25, 0.3) is 0 Å². The van der Waals surface area contributed by atoms with E-state index in [1.54, 1.807) is 14.2 Å². The molecule has 0 bridgehead atoms. The third kappa shape index (κ3) is 2.46. The fourth-order valence-electron chi connectivity index (χ4n) is 1.95. The molecule has 1 atom stereocenters. The number of benzene rings is 2. The van der Waals surface area contributed by atoms with Gasteiger partial charge in [-0.2, -0.15) is 0 Å². The van der Waals surface area contributed by atoms with E-state index in [0.717, 1.165) is 17.1 Å². The lowest BCUT2D eigenvalue weighted by Crippen LogP contribution is -2.53. The van der Waals surface area contributed by atoms with Crippen LogP contribution in [0.15, 0.2) is 48.5 Å². The Balaban J connectivity index is 2.34. The van der Waals surface area contributed by atoms with Gasteiger partial charge in [0.05, 0.1) is 14.2 Å². The molecule has 3 N–H and O–H groups in total. The molecule has 0 aliphatic carbocycles. The molecule has 0 aliphatic rings. The van der Waals surface area contributed by atoms with Gasteiger partial charge in [-0.05, 0) is 18.2 Å². The third-order valence-electron chi connectivity index (χ3n) is 3.01. The molecule has 2 rings (SSSR count). The Labute approximate surface area is 107 Å². The van der Waals surface area contributed by atoms with Crippen molar-refractivity contribution < 1.29 is 15.2 Å². The summed E-state index contributed by atoms with van der Waals surface area (Å²) in [5.41, 5.74) is 6.51. The molecule has 3 heteroatoms. The average molecular weight is 244 g/mol. The highest BCUT2D eigenvalue weighted by molar-refractivity contribution is 5.45. The summed E-state index contributed by atoms with van der Waals surface area (Å²) < 4.78 is 10.5. The number of rotatable bonds is 4. The predicted molar refractivity (Wildman–Crippen MR) is 70.7 cm³/mol. The van der Waals surface area contributed by atoms with E-state index in [-0.39, 0.29) is 6.04 Å². The van der Waals surface area contributed by atoms with Gasteiger partial charge in [-0.3, -0.25) is 0 Å². The Hall–Kier alpha value is -2.00. The molecular formula is C15H18NO2+. The van der Waals surface area contributed by atoms with Gasteiger partial charge in [0, 0.05) is 11.1 Å². The lowest BCUT2D eigenvalue weighted by atomic mass is 9.99. The van der Waals surface area contributed by atoms with Crippen LogP contribution in [-0.4, -0.2) is 14.2 Å². The van der Waals surface area contributed by atoms with E-state index < -0.39 is 0 Å². The molecule has 0 radical (unpaired) electrons. The van der Waals surface area contributed by atoms with Crippen molar-refractivity contribution >= 4 is 0 Å². The van der Waals surface area contributed by atoms with Crippen LogP contribution >= 0.6 is 0 Å². The Kier molecular flexibility index (Phi) is 3.85. The molecule has 0 unspecified atom stereocenters. The zero-order valence-corrected chi connectivity index (χ0v) is 10.7. The van der Waals surface area contributed by atoms with Gasteiger partial charge in [-0.25, -0.2) is 0 Å². The highest BCUT2D eigenvalue weighted by Gasteiger charge is 2.14. The Bertz CT molecular complexity index is 511. The molecule has 3 nitrogen and oxygen atoms in total. The molecule has 0 saturated heterocycles. The van der Waals surface area contributed by atoms with Crippen molar-refractivity contribution in [3.8, 4) is 11.5 Å². The molecule has 94 valence electrons. The molecule has 2 aromatic carbocycles. The van der Waals surface area contributed by atoms with Gasteiger partial charge in [0.2, 0.25) is 0 Å². The molecular weight excluding hydrogens is 226 g/mol. The van der Waals surface area contributed by atoms with E-state index in [0.29, 0.717) is 0 Å². The summed E-state index contributed by atoms with van der Waals surface area (Å²) in [4.78, 5) is 0. The highest BCUT2D eigenvalue weighted by Crippen LogP contribution is 2.30. The first-order valence-electron chi connectivity index (χ1n) is 5.86. The number of ether oxygens (including phenoxy) is 2. The molecule has 0 aromatic heterocycles. The van der Waals surface area contributed by atoms with E-state index in [1.165, 1.54) is 5.56 Å². The molecule has 0 spiro atoms. The molecule has 2 aromatic rings. The van der Waals surface area contributed by atoms with Crippen LogP contribution in [0.3, 0.4) is 0 Å². The lowest BCUT2D eigenvalue weighted by molar-refractivity contribution is -0.411. The molecule has 0 saturated carbocycles. The standard InChI is InChI=1S/C15H17NO2/c1-17-13-9-8-12(10-14(13)18-2)15(16)11-6-4-3-5-7-11/h3-10,15H,16H2,1-2H3/p+1/t15-/m1/s1. The van der Waals surface area contributed by atoms with Crippen molar-refractivity contribution in [2.75, 3.05) is 14.2 Å². The number of quaternary nitrogens is 1. The van der Waals surface area contributed by atoms with Crippen molar-refractivity contribution in [1.29, 1.82) is 0 Å². The van der Waals surface area contributed by atoms with Gasteiger partial charge >= 0.3 is 0 Å². The van der Waals surface area contributed by atoms with Crippen molar-refractivity contribution in [3.63, 3.8) is 0 Å². The quantitative estimate of drug-likeness (QED) is 0.894. The molecule has 0 heterocycles. The molecule has 0 aliphatic heterocycles. The van der Waals surface area contributed by atoms with E-state index in [9.17, 15) is 0 Å². The van der Waals surface area contributed by atoms with Crippen LogP contribution in [0.4, 0.5) is 0 Å². The second kappa shape index (κ2) is 5.56. The summed E-state index contributed by atoms with van der Waals surface area (Å²) in [5, 5.41) is 0. The topological polar surface area (TPSA) is 46.1 Å². The van der Waals surface area contributed by atoms with Gasteiger partial charge < -0.3 is 15.2 Å². The van der Waals surface area contributed by atoms with Gasteiger partial charge in [0.25, 0.3) is 0 Å². The fraction of sp³-hybridized carbons (Fsp3) is 0.200. The Morgan fingerprint density at radius 3 is 2.11 bits per heavy atom. The zero-order chi connectivity index (χ0) is 13.0. The minimum absolute atomic E-state index is 0.0889. The van der Waals surface area contributed by atoms with Crippen molar-refractivity contribution in [3.05, 3.63) is 59.7 Å². The Morgan fingerprint density at radius 1 is 0.833 bits per heavy atom. The van der Waals surface area contributed by atoms with Crippen LogP contribution in [0.5, 0.6) is 11.5 Å². The number of methoxy groups -OCH3 is 2. The zero-order valence-electron chi connectivity index (χ0n) is 10.7. The summed E-state index contributed by atoms with van der Waals surface area (Å²) in [7, 11) is 3.28. The Morgan fingerprint density at radius 2 is 1.50 bits per heavy atom. The van der Waals surface area contributed by atoms with Gasteiger partial charge in [0.15, 0.2) is 11.5 Å². The maximum Gasteiger partial charge on any atom is 0.161 e. The van der Waals surface area contributed by atoms with Crippen molar-refractivity contribution in [1.82, 2.24) is 0 Å². The van der Waals surface area contributed by atoms with Gasteiger partial charge in [0.1, 0.15) is 6.04 Å². The smallest absolute Gasteiger partial charge is 0.161 e. The van der Waals surface area contributed by atoms with Crippen LogP contribution in [0, 0.1) is 0 Å². The maximum absolute atomic E-state index is 5.31.